The van der Waals surface area contributed by atoms with Gasteiger partial charge in [0.1, 0.15) is 0 Å². The quantitative estimate of drug-likeness (QED) is 0.474. The molecule has 0 aliphatic heterocycles. The molecule has 0 aliphatic rings. The molecule has 0 fully saturated rings. The molecule has 0 saturated carbocycles. The number of fused-ring (bicyclic) bond motifs is 2. The van der Waals surface area contributed by atoms with Gasteiger partial charge in [0.05, 0.1) is 34.4 Å². The van der Waals surface area contributed by atoms with Crippen LogP contribution in [0.25, 0.3) is 33.2 Å². The number of pyridine rings is 2. The first-order valence-electron chi connectivity index (χ1n) is 7.78. The van der Waals surface area contributed by atoms with E-state index in [4.69, 9.17) is 0 Å². The first-order valence-corrected chi connectivity index (χ1v) is 7.78. The van der Waals surface area contributed by atoms with Gasteiger partial charge in [-0.3, -0.25) is 0 Å². The minimum Gasteiger partial charge on any atom is -0.545 e. The molecule has 2 aromatic carbocycles. The first-order chi connectivity index (χ1) is 12.6. The van der Waals surface area contributed by atoms with Gasteiger partial charge in [-0.05, 0) is 18.2 Å². The fourth-order valence-corrected chi connectivity index (χ4v) is 3.01. The molecule has 0 unspecified atom stereocenters. The zero-order valence-corrected chi connectivity index (χ0v) is 14.5. The summed E-state index contributed by atoms with van der Waals surface area (Å²) in [5, 5.41) is 24.5. The van der Waals surface area contributed by atoms with E-state index in [2.05, 4.69) is 9.97 Å². The summed E-state index contributed by atoms with van der Waals surface area (Å²) in [6.07, 6.45) is 0. The standard InChI is InChI=1S/C20H12N2O4.Cu/c23-19(24)16-12-6-2-4-8-14(12)22-18(17(16)20(25)26)15-10-9-11-5-1-3-7-13(11)21-15;/h1-10H,(H,23,24)(H,25,26);/q;+2/p-2. The summed E-state index contributed by atoms with van der Waals surface area (Å²) in [5.41, 5.74) is 0.165. The smallest absolute Gasteiger partial charge is 0.545 e. The third-order valence-corrected chi connectivity index (χ3v) is 4.14. The third kappa shape index (κ3) is 3.14. The molecule has 0 N–H and O–H groups in total. The number of benzene rings is 2. The monoisotopic (exact) mass is 405 g/mol. The Hall–Kier alpha value is -3.28. The van der Waals surface area contributed by atoms with Crippen LogP contribution in [-0.2, 0) is 17.1 Å². The summed E-state index contributed by atoms with van der Waals surface area (Å²) in [7, 11) is 0. The van der Waals surface area contributed by atoms with Gasteiger partial charge in [0.2, 0.25) is 0 Å². The summed E-state index contributed by atoms with van der Waals surface area (Å²) < 4.78 is 0. The summed E-state index contributed by atoms with van der Waals surface area (Å²) >= 11 is 0. The maximum absolute atomic E-state index is 11.8. The molecule has 7 heteroatoms. The van der Waals surface area contributed by atoms with Crippen molar-refractivity contribution < 1.29 is 36.9 Å². The van der Waals surface area contributed by atoms with E-state index in [1.807, 2.05) is 12.1 Å². The van der Waals surface area contributed by atoms with Gasteiger partial charge in [0, 0.05) is 21.9 Å². The average Bonchev–Trinajstić information content (AvgIpc) is 2.65. The van der Waals surface area contributed by atoms with Crippen molar-refractivity contribution in [3.05, 3.63) is 71.8 Å². The van der Waals surface area contributed by atoms with Crippen LogP contribution in [0.2, 0.25) is 0 Å². The van der Waals surface area contributed by atoms with E-state index >= 15 is 0 Å². The molecule has 0 bridgehead atoms. The van der Waals surface area contributed by atoms with Crippen molar-refractivity contribution in [2.75, 3.05) is 0 Å². The van der Waals surface area contributed by atoms with Crippen LogP contribution in [0.4, 0.5) is 0 Å². The molecular weight excluding hydrogens is 396 g/mol. The van der Waals surface area contributed by atoms with E-state index in [-0.39, 0.29) is 33.8 Å². The van der Waals surface area contributed by atoms with Crippen molar-refractivity contribution in [1.82, 2.24) is 9.97 Å². The SMILES string of the molecule is O=C([O-])c1c(-c2ccc3ccccc3n2)nc2ccccc2c1C(=O)[O-].[Cu+2]. The molecule has 4 aromatic rings. The number of carboxylic acids is 2. The number of para-hydroxylation sites is 2. The van der Waals surface area contributed by atoms with E-state index in [1.165, 1.54) is 6.07 Å². The number of aromatic carboxylic acids is 2. The van der Waals surface area contributed by atoms with Crippen LogP contribution in [0.5, 0.6) is 0 Å². The molecule has 0 amide bonds. The van der Waals surface area contributed by atoms with E-state index in [0.29, 0.717) is 11.0 Å². The van der Waals surface area contributed by atoms with Gasteiger partial charge in [0.25, 0.3) is 0 Å². The Morgan fingerprint density at radius 1 is 0.704 bits per heavy atom. The van der Waals surface area contributed by atoms with Gasteiger partial charge in [-0.15, -0.1) is 0 Å². The molecule has 0 atom stereocenters. The van der Waals surface area contributed by atoms with Gasteiger partial charge in [-0.1, -0.05) is 42.5 Å². The Morgan fingerprint density at radius 2 is 1.33 bits per heavy atom. The number of rotatable bonds is 3. The zero-order chi connectivity index (χ0) is 18.3. The molecular formula is C20H10CuN2O4. The van der Waals surface area contributed by atoms with Gasteiger partial charge in [-0.25, -0.2) is 9.97 Å². The number of hydrogen-bond acceptors (Lipinski definition) is 6. The number of carbonyl (C=O) groups excluding carboxylic acids is 2. The van der Waals surface area contributed by atoms with Crippen molar-refractivity contribution in [2.45, 2.75) is 0 Å². The number of nitrogens with zero attached hydrogens (tertiary/aromatic N) is 2. The van der Waals surface area contributed by atoms with Gasteiger partial charge in [0.15, 0.2) is 0 Å². The zero-order valence-electron chi connectivity index (χ0n) is 13.6. The minimum atomic E-state index is -1.65. The average molecular weight is 406 g/mol. The van der Waals surface area contributed by atoms with Crippen molar-refractivity contribution in [3.8, 4) is 11.4 Å². The summed E-state index contributed by atoms with van der Waals surface area (Å²) in [5.74, 6) is -3.25. The number of aromatic nitrogens is 2. The van der Waals surface area contributed by atoms with E-state index in [1.54, 1.807) is 42.5 Å². The second kappa shape index (κ2) is 7.15. The van der Waals surface area contributed by atoms with Crippen molar-refractivity contribution in [2.24, 2.45) is 0 Å². The molecule has 0 saturated heterocycles. The molecule has 135 valence electrons. The van der Waals surface area contributed by atoms with Crippen LogP contribution >= 0.6 is 0 Å². The maximum Gasteiger partial charge on any atom is 2.00 e. The number of carbonyl (C=O) groups is 2. The van der Waals surface area contributed by atoms with Crippen molar-refractivity contribution in [1.29, 1.82) is 0 Å². The Bertz CT molecular complexity index is 1210. The van der Waals surface area contributed by atoms with Gasteiger partial charge < -0.3 is 19.8 Å². The fraction of sp³-hybridized carbons (Fsp3) is 0. The Balaban J connectivity index is 0.00000210. The predicted octanol–water partition coefficient (Wildman–Crippen LogP) is 1.17. The predicted molar refractivity (Wildman–Crippen MR) is 91.1 cm³/mol. The number of hydrogen-bond donors (Lipinski definition) is 0. The maximum atomic E-state index is 11.8. The third-order valence-electron chi connectivity index (χ3n) is 4.14. The molecule has 2 heterocycles. The van der Waals surface area contributed by atoms with Crippen LogP contribution in [0.1, 0.15) is 20.7 Å². The van der Waals surface area contributed by atoms with Crippen molar-refractivity contribution in [3.63, 3.8) is 0 Å². The molecule has 27 heavy (non-hydrogen) atoms. The molecule has 2 aromatic heterocycles. The molecule has 1 radical (unpaired) electrons. The Kier molecular flexibility index (Phi) is 4.90. The largest absolute Gasteiger partial charge is 2.00 e. The Labute approximate surface area is 164 Å². The second-order valence-corrected chi connectivity index (χ2v) is 5.69. The summed E-state index contributed by atoms with van der Waals surface area (Å²) in [6, 6.07) is 17.1. The summed E-state index contributed by atoms with van der Waals surface area (Å²) in [6.45, 7) is 0. The van der Waals surface area contributed by atoms with E-state index < -0.39 is 23.1 Å². The van der Waals surface area contributed by atoms with Gasteiger partial charge in [-0.2, -0.15) is 0 Å². The Morgan fingerprint density at radius 3 is 2.04 bits per heavy atom. The van der Waals surface area contributed by atoms with Crippen LogP contribution < -0.4 is 10.2 Å². The fourth-order valence-electron chi connectivity index (χ4n) is 3.01. The first kappa shape index (κ1) is 18.5. The molecule has 4 rings (SSSR count). The van der Waals surface area contributed by atoms with E-state index in [0.717, 1.165) is 5.39 Å². The second-order valence-electron chi connectivity index (χ2n) is 5.69. The van der Waals surface area contributed by atoms with Gasteiger partial charge >= 0.3 is 17.1 Å². The normalized spacial score (nSPS) is 10.5. The minimum absolute atomic E-state index is 0. The van der Waals surface area contributed by atoms with Crippen LogP contribution in [0, 0.1) is 0 Å². The molecule has 0 spiro atoms. The van der Waals surface area contributed by atoms with Crippen LogP contribution in [0.3, 0.4) is 0 Å². The number of carboxylic acid groups (broad SMARTS) is 2. The molecule has 6 nitrogen and oxygen atoms in total. The molecule has 0 aliphatic carbocycles. The topological polar surface area (TPSA) is 106 Å². The van der Waals surface area contributed by atoms with Crippen molar-refractivity contribution >= 4 is 33.7 Å². The van der Waals surface area contributed by atoms with E-state index in [9.17, 15) is 19.8 Å². The van der Waals surface area contributed by atoms with Crippen LogP contribution in [0.15, 0.2) is 60.7 Å². The van der Waals surface area contributed by atoms with Crippen LogP contribution in [-0.4, -0.2) is 21.9 Å². The summed E-state index contributed by atoms with van der Waals surface area (Å²) in [4.78, 5) is 32.2.